The average molecular weight is 396 g/mol. The fourth-order valence-electron chi connectivity index (χ4n) is 1.70. The standard InChI is InChI=1S/C12H13AsN6OS2/c14-10-17-11(15)19-12(18-10)16-8-3-1-7(2-4-8)13-21-6-9(5-20)22-13/h1-4,6,20H,5H2,(H5,14,15,16,17,18,19). The Morgan fingerprint density at radius 3 is 2.36 bits per heavy atom. The summed E-state index contributed by atoms with van der Waals surface area (Å²) < 4.78 is 1.32. The zero-order valence-corrected chi connectivity index (χ0v) is 14.8. The molecule has 22 heavy (non-hydrogen) atoms. The van der Waals surface area contributed by atoms with Gasteiger partial charge in [-0.2, -0.15) is 0 Å². The van der Waals surface area contributed by atoms with Crippen LogP contribution >= 0.6 is 20.0 Å². The topological polar surface area (TPSA) is 123 Å². The molecule has 1 aromatic carbocycles. The van der Waals surface area contributed by atoms with Gasteiger partial charge < -0.3 is 0 Å². The second-order valence-corrected chi connectivity index (χ2v) is 15.0. The van der Waals surface area contributed by atoms with Crippen LogP contribution in [0.4, 0.5) is 23.5 Å². The summed E-state index contributed by atoms with van der Waals surface area (Å²) in [5.74, 6) is 0.492. The van der Waals surface area contributed by atoms with E-state index in [1.165, 1.54) is 4.35 Å². The van der Waals surface area contributed by atoms with E-state index in [9.17, 15) is 0 Å². The van der Waals surface area contributed by atoms with E-state index in [1.54, 1.807) is 0 Å². The van der Waals surface area contributed by atoms with E-state index >= 15 is 0 Å². The van der Waals surface area contributed by atoms with Gasteiger partial charge in [-0.25, -0.2) is 0 Å². The second kappa shape index (κ2) is 6.78. The molecule has 1 unspecified atom stereocenters. The van der Waals surface area contributed by atoms with E-state index in [2.05, 4.69) is 37.8 Å². The number of aromatic nitrogens is 3. The van der Waals surface area contributed by atoms with Crippen molar-refractivity contribution in [3.05, 3.63) is 34.6 Å². The molecule has 0 bridgehead atoms. The molecule has 1 aliphatic heterocycles. The first-order valence-electron chi connectivity index (χ1n) is 6.23. The molecule has 0 spiro atoms. The zero-order valence-electron chi connectivity index (χ0n) is 11.3. The molecule has 6 N–H and O–H groups in total. The molecule has 0 radical (unpaired) electrons. The van der Waals surface area contributed by atoms with E-state index in [0.717, 1.165) is 10.6 Å². The van der Waals surface area contributed by atoms with Crippen molar-refractivity contribution in [1.82, 2.24) is 15.0 Å². The molecule has 0 aliphatic carbocycles. The minimum absolute atomic E-state index is 0.0840. The van der Waals surface area contributed by atoms with Gasteiger partial charge in [0.2, 0.25) is 0 Å². The minimum atomic E-state index is -1.24. The molecule has 1 aromatic heterocycles. The first kappa shape index (κ1) is 15.5. The van der Waals surface area contributed by atoms with Gasteiger partial charge in [0.15, 0.2) is 0 Å². The Labute approximate surface area is 138 Å². The Bertz CT molecular complexity index is 691. The Morgan fingerprint density at radius 1 is 1.09 bits per heavy atom. The molecule has 0 amide bonds. The number of benzene rings is 1. The van der Waals surface area contributed by atoms with Crippen LogP contribution in [0.15, 0.2) is 34.6 Å². The van der Waals surface area contributed by atoms with Gasteiger partial charge in [0.25, 0.3) is 0 Å². The van der Waals surface area contributed by atoms with E-state index in [-0.39, 0.29) is 18.5 Å². The first-order valence-corrected chi connectivity index (χ1v) is 13.4. The van der Waals surface area contributed by atoms with Crippen molar-refractivity contribution in [2.24, 2.45) is 0 Å². The third-order valence-electron chi connectivity index (χ3n) is 2.64. The average Bonchev–Trinajstić information content (AvgIpc) is 2.96. The predicted molar refractivity (Wildman–Crippen MR) is 94.1 cm³/mol. The van der Waals surface area contributed by atoms with Crippen LogP contribution in [0.2, 0.25) is 0 Å². The molecule has 10 heteroatoms. The van der Waals surface area contributed by atoms with Crippen molar-refractivity contribution in [1.29, 1.82) is 0 Å². The van der Waals surface area contributed by atoms with Gasteiger partial charge in [0, 0.05) is 0 Å². The molecule has 7 nitrogen and oxygen atoms in total. The predicted octanol–water partition coefficient (Wildman–Crippen LogP) is 0.788. The van der Waals surface area contributed by atoms with Crippen LogP contribution in [0.25, 0.3) is 0 Å². The molecule has 2 heterocycles. The van der Waals surface area contributed by atoms with E-state index in [1.807, 2.05) is 32.2 Å². The Hall–Kier alpha value is -1.41. The van der Waals surface area contributed by atoms with E-state index in [0.29, 0.717) is 5.95 Å². The van der Waals surface area contributed by atoms with E-state index in [4.69, 9.17) is 16.6 Å². The molecule has 114 valence electrons. The summed E-state index contributed by atoms with van der Waals surface area (Å²) in [4.78, 5) is 12.7. The Balaban J connectivity index is 1.69. The van der Waals surface area contributed by atoms with Crippen molar-refractivity contribution >= 4 is 60.3 Å². The SMILES string of the molecule is Nc1nc(N)nc(Nc2ccc([As]3SC=C(CO)S3)cc2)n1. The number of rotatable bonds is 4. The maximum absolute atomic E-state index is 9.16. The van der Waals surface area contributed by atoms with Crippen molar-refractivity contribution in [3.63, 3.8) is 0 Å². The number of hydrogen-bond acceptors (Lipinski definition) is 9. The number of nitrogen functional groups attached to an aromatic ring is 2. The van der Waals surface area contributed by atoms with Crippen molar-refractivity contribution < 1.29 is 5.11 Å². The summed E-state index contributed by atoms with van der Waals surface area (Å²) >= 11 is -1.24. The Kier molecular flexibility index (Phi) is 4.77. The van der Waals surface area contributed by atoms with Crippen LogP contribution in [0.3, 0.4) is 0 Å². The second-order valence-electron chi connectivity index (χ2n) is 4.24. The van der Waals surface area contributed by atoms with Crippen LogP contribution in [0.5, 0.6) is 0 Å². The molecule has 2 aromatic rings. The van der Waals surface area contributed by atoms with Gasteiger partial charge in [-0.15, -0.1) is 0 Å². The molecular formula is C12H13AsN6OS2. The van der Waals surface area contributed by atoms with Gasteiger partial charge in [-0.3, -0.25) is 0 Å². The fraction of sp³-hybridized carbons (Fsp3) is 0.0833. The zero-order chi connectivity index (χ0) is 15.5. The third kappa shape index (κ3) is 3.67. The van der Waals surface area contributed by atoms with E-state index < -0.39 is 12.3 Å². The number of hydrogen-bond donors (Lipinski definition) is 4. The fourth-order valence-corrected chi connectivity index (χ4v) is 13.9. The summed E-state index contributed by atoms with van der Waals surface area (Å²) in [6.45, 7) is 0.130. The van der Waals surface area contributed by atoms with Gasteiger partial charge in [-0.1, -0.05) is 0 Å². The summed E-state index contributed by atoms with van der Waals surface area (Å²) in [5, 5.41) is 14.3. The Morgan fingerprint density at radius 2 is 1.77 bits per heavy atom. The van der Waals surface area contributed by atoms with Crippen molar-refractivity contribution in [3.8, 4) is 0 Å². The van der Waals surface area contributed by atoms with Gasteiger partial charge >= 0.3 is 138 Å². The number of anilines is 4. The molecular weight excluding hydrogens is 383 g/mol. The molecule has 0 fully saturated rings. The number of aliphatic hydroxyl groups excluding tert-OH is 1. The molecule has 0 saturated carbocycles. The number of nitrogens with one attached hydrogen (secondary N) is 1. The summed E-state index contributed by atoms with van der Waals surface area (Å²) in [5.41, 5.74) is 11.9. The third-order valence-corrected chi connectivity index (χ3v) is 14.6. The summed E-state index contributed by atoms with van der Waals surface area (Å²) in [6, 6.07) is 8.12. The number of nitrogens with two attached hydrogens (primary N) is 2. The van der Waals surface area contributed by atoms with Gasteiger partial charge in [0.05, 0.1) is 0 Å². The van der Waals surface area contributed by atoms with Crippen molar-refractivity contribution in [2.45, 2.75) is 0 Å². The van der Waals surface area contributed by atoms with Gasteiger partial charge in [0.1, 0.15) is 0 Å². The van der Waals surface area contributed by atoms with Crippen LogP contribution in [-0.2, 0) is 0 Å². The van der Waals surface area contributed by atoms with Crippen LogP contribution in [-0.4, -0.2) is 39.0 Å². The van der Waals surface area contributed by atoms with Crippen LogP contribution in [0.1, 0.15) is 0 Å². The van der Waals surface area contributed by atoms with Crippen LogP contribution < -0.4 is 21.1 Å². The monoisotopic (exact) mass is 396 g/mol. The summed E-state index contributed by atoms with van der Waals surface area (Å²) in [6.07, 6.45) is 0. The number of aliphatic hydroxyl groups is 1. The summed E-state index contributed by atoms with van der Waals surface area (Å²) in [7, 11) is 3.65. The first-order chi connectivity index (χ1) is 10.6. The quantitative estimate of drug-likeness (QED) is 0.556. The molecule has 1 atom stereocenters. The molecule has 1 aliphatic rings. The number of nitrogens with zero attached hydrogens (tertiary/aromatic N) is 3. The van der Waals surface area contributed by atoms with Crippen LogP contribution in [0, 0.1) is 0 Å². The normalized spacial score (nSPS) is 17.3. The molecule has 0 saturated heterocycles. The maximum atomic E-state index is 9.16. The van der Waals surface area contributed by atoms with Gasteiger partial charge in [-0.05, 0) is 0 Å². The van der Waals surface area contributed by atoms with Crippen molar-refractivity contribution in [2.75, 3.05) is 23.4 Å². The molecule has 3 rings (SSSR count).